The number of nitrogens with two attached hydrogens (primary N) is 1. The molecule has 0 bridgehead atoms. The smallest absolute Gasteiger partial charge is 0.262 e. The van der Waals surface area contributed by atoms with Gasteiger partial charge in [0.25, 0.3) is 11.8 Å². The summed E-state index contributed by atoms with van der Waals surface area (Å²) in [7, 11) is 0. The van der Waals surface area contributed by atoms with Crippen molar-refractivity contribution in [2.75, 3.05) is 101 Å². The third-order valence-corrected chi connectivity index (χ3v) is 12.5. The summed E-state index contributed by atoms with van der Waals surface area (Å²) in [5.41, 5.74) is 11.2. The summed E-state index contributed by atoms with van der Waals surface area (Å²) in [6.45, 7) is 9.05. The van der Waals surface area contributed by atoms with Crippen molar-refractivity contribution in [1.29, 1.82) is 0 Å². The zero-order valence-corrected chi connectivity index (χ0v) is 37.1. The molecule has 9 rings (SSSR count). The lowest BCUT2D eigenvalue weighted by Gasteiger charge is -2.41. The third kappa shape index (κ3) is 9.97. The summed E-state index contributed by atoms with van der Waals surface area (Å²) in [4.78, 5) is 83.5. The molecule has 3 fully saturated rings. The van der Waals surface area contributed by atoms with Crippen molar-refractivity contribution in [2.45, 2.75) is 38.3 Å². The Morgan fingerprint density at radius 1 is 0.821 bits per heavy atom. The SMILES string of the molecule is Cc1nc2ccc(-c3ccnc(N)c3)nc2n1-c1ccc(N2CCN(CCOCCOCCOCCC(=O)NC3CN(c4ccc5c(c4)C(=O)N(C4CCC(=O)NC4=O)C5=O)C3)CC2)c(F)c1. The van der Waals surface area contributed by atoms with Gasteiger partial charge in [0.15, 0.2) is 5.65 Å². The van der Waals surface area contributed by atoms with Crippen molar-refractivity contribution in [2.24, 2.45) is 0 Å². The second kappa shape index (κ2) is 19.9. The molecule has 350 valence electrons. The van der Waals surface area contributed by atoms with Gasteiger partial charge in [-0.05, 0) is 67.9 Å². The molecule has 5 aromatic rings. The average Bonchev–Trinajstić information content (AvgIpc) is 3.76. The number of imide groups is 2. The standard InChI is InChI=1S/C47H52FN11O8/c1-29-51-38-6-5-37(30-10-12-50-41(49)24-30)53-44(38)58(29)33-3-7-39(36(48)26-33)56-15-13-55(14-16-56)17-19-66-21-23-67-22-20-65-18-11-43(61)52-31-27-57(28-31)32-2-4-34-35(25-32)47(64)59(46(34)63)40-8-9-42(60)54-45(40)62/h2-7,10,12,24-26,31,40H,8-9,11,13-23,27-28H2,1H3,(H2,49,50)(H,52,61)(H,54,60,62). The molecule has 0 aliphatic carbocycles. The van der Waals surface area contributed by atoms with Crippen LogP contribution in [0.2, 0.25) is 0 Å². The number of benzene rings is 2. The van der Waals surface area contributed by atoms with E-state index in [0.29, 0.717) is 93.4 Å². The number of hydrogen-bond acceptors (Lipinski definition) is 15. The predicted octanol–water partition coefficient (Wildman–Crippen LogP) is 2.48. The summed E-state index contributed by atoms with van der Waals surface area (Å²) in [5.74, 6) is -1.51. The Morgan fingerprint density at radius 3 is 2.30 bits per heavy atom. The van der Waals surface area contributed by atoms with Crippen molar-refractivity contribution < 1.29 is 42.6 Å². The number of nitrogen functional groups attached to an aromatic ring is 1. The molecule has 0 saturated carbocycles. The van der Waals surface area contributed by atoms with Gasteiger partial charge in [-0.2, -0.15) is 0 Å². The van der Waals surface area contributed by atoms with Crippen LogP contribution in [0.15, 0.2) is 66.9 Å². The molecule has 3 saturated heterocycles. The van der Waals surface area contributed by atoms with Crippen LogP contribution < -0.4 is 26.2 Å². The van der Waals surface area contributed by atoms with E-state index in [9.17, 15) is 24.0 Å². The summed E-state index contributed by atoms with van der Waals surface area (Å²) >= 11 is 0. The van der Waals surface area contributed by atoms with Crippen LogP contribution in [0.25, 0.3) is 28.1 Å². The van der Waals surface area contributed by atoms with Crippen LogP contribution in [-0.2, 0) is 28.6 Å². The highest BCUT2D eigenvalue weighted by atomic mass is 19.1. The Morgan fingerprint density at radius 2 is 1.55 bits per heavy atom. The van der Waals surface area contributed by atoms with E-state index < -0.39 is 29.7 Å². The van der Waals surface area contributed by atoms with Gasteiger partial charge in [-0.1, -0.05) is 0 Å². The number of carbonyl (C=O) groups is 5. The molecule has 1 atom stereocenters. The molecular weight excluding hydrogens is 866 g/mol. The van der Waals surface area contributed by atoms with Crippen molar-refractivity contribution in [1.82, 2.24) is 40.0 Å². The predicted molar refractivity (Wildman–Crippen MR) is 244 cm³/mol. The average molecular weight is 918 g/mol. The molecule has 19 nitrogen and oxygen atoms in total. The van der Waals surface area contributed by atoms with E-state index in [2.05, 4.69) is 30.4 Å². The topological polar surface area (TPSA) is 220 Å². The Kier molecular flexibility index (Phi) is 13.5. The summed E-state index contributed by atoms with van der Waals surface area (Å²) < 4.78 is 34.6. The van der Waals surface area contributed by atoms with Gasteiger partial charge in [0.1, 0.15) is 29.0 Å². The highest BCUT2D eigenvalue weighted by molar-refractivity contribution is 6.23. The van der Waals surface area contributed by atoms with E-state index >= 15 is 4.39 Å². The molecule has 3 aromatic heterocycles. The largest absolute Gasteiger partial charge is 0.384 e. The molecule has 20 heteroatoms. The summed E-state index contributed by atoms with van der Waals surface area (Å²) in [6, 6.07) is 16.6. The highest BCUT2D eigenvalue weighted by Gasteiger charge is 2.45. The van der Waals surface area contributed by atoms with Crippen LogP contribution in [0.5, 0.6) is 0 Å². The minimum absolute atomic E-state index is 0.0570. The maximum absolute atomic E-state index is 15.7. The zero-order valence-electron chi connectivity index (χ0n) is 37.1. The number of piperazine rings is 1. The van der Waals surface area contributed by atoms with Gasteiger partial charge < -0.3 is 35.1 Å². The number of amides is 5. The molecule has 5 amide bonds. The van der Waals surface area contributed by atoms with Gasteiger partial charge >= 0.3 is 0 Å². The number of pyridine rings is 2. The molecule has 2 aromatic carbocycles. The van der Waals surface area contributed by atoms with Crippen LogP contribution in [0, 0.1) is 12.7 Å². The van der Waals surface area contributed by atoms with Gasteiger partial charge in [0.2, 0.25) is 17.7 Å². The molecule has 1 unspecified atom stereocenters. The van der Waals surface area contributed by atoms with Crippen molar-refractivity contribution in [3.05, 3.63) is 89.6 Å². The fourth-order valence-electron chi connectivity index (χ4n) is 8.89. The highest BCUT2D eigenvalue weighted by Crippen LogP contribution is 2.33. The van der Waals surface area contributed by atoms with Crippen LogP contribution in [-0.4, -0.2) is 156 Å². The van der Waals surface area contributed by atoms with E-state index in [1.807, 2.05) is 46.7 Å². The number of ether oxygens (including phenoxy) is 3. The first-order valence-electron chi connectivity index (χ1n) is 22.5. The Hall–Kier alpha value is -6.87. The fourth-order valence-corrected chi connectivity index (χ4v) is 8.89. The monoisotopic (exact) mass is 917 g/mol. The van der Waals surface area contributed by atoms with Crippen LogP contribution in [0.1, 0.15) is 45.8 Å². The first-order chi connectivity index (χ1) is 32.5. The lowest BCUT2D eigenvalue weighted by Crippen LogP contribution is -2.59. The number of aryl methyl sites for hydroxylation is 1. The fraction of sp³-hybridized carbons (Fsp3) is 0.404. The normalized spacial score (nSPS) is 17.9. The first-order valence-corrected chi connectivity index (χ1v) is 22.5. The van der Waals surface area contributed by atoms with Crippen molar-refractivity contribution >= 4 is 57.9 Å². The number of nitrogens with zero attached hydrogens (tertiary/aromatic N) is 8. The quantitative estimate of drug-likeness (QED) is 0.0850. The molecule has 4 aliphatic rings. The number of halogens is 1. The molecule has 67 heavy (non-hydrogen) atoms. The molecule has 7 heterocycles. The Labute approximate surface area is 385 Å². The van der Waals surface area contributed by atoms with E-state index in [1.165, 1.54) is 0 Å². The summed E-state index contributed by atoms with van der Waals surface area (Å²) in [5, 5.41) is 5.19. The zero-order chi connectivity index (χ0) is 46.6. The van der Waals surface area contributed by atoms with Crippen LogP contribution >= 0.6 is 0 Å². The van der Waals surface area contributed by atoms with Gasteiger partial charge in [-0.3, -0.25) is 43.7 Å². The lowest BCUT2D eigenvalue weighted by atomic mass is 10.0. The molecular formula is C47H52FN11O8. The number of imidazole rings is 1. The third-order valence-electron chi connectivity index (χ3n) is 12.5. The van der Waals surface area contributed by atoms with Gasteiger partial charge in [-0.15, -0.1) is 0 Å². The number of hydrogen-bond donors (Lipinski definition) is 3. The number of rotatable bonds is 18. The van der Waals surface area contributed by atoms with Crippen LogP contribution in [0.3, 0.4) is 0 Å². The lowest BCUT2D eigenvalue weighted by molar-refractivity contribution is -0.136. The maximum atomic E-state index is 15.7. The molecule has 0 spiro atoms. The van der Waals surface area contributed by atoms with Gasteiger partial charge in [0.05, 0.1) is 73.9 Å². The van der Waals surface area contributed by atoms with E-state index in [0.717, 1.165) is 41.5 Å². The Bertz CT molecular complexity index is 2700. The number of aromatic nitrogens is 4. The van der Waals surface area contributed by atoms with E-state index in [-0.39, 0.29) is 54.8 Å². The Balaban J connectivity index is 0.611. The van der Waals surface area contributed by atoms with Crippen molar-refractivity contribution in [3.8, 4) is 16.9 Å². The number of nitrogens with one attached hydrogen (secondary N) is 2. The summed E-state index contributed by atoms with van der Waals surface area (Å²) in [6.07, 6.45) is 2.00. The number of fused-ring (bicyclic) bond motifs is 2. The number of anilines is 3. The maximum Gasteiger partial charge on any atom is 0.262 e. The van der Waals surface area contributed by atoms with Gasteiger partial charge in [-0.25, -0.2) is 19.3 Å². The number of piperidine rings is 1. The van der Waals surface area contributed by atoms with Crippen molar-refractivity contribution in [3.63, 3.8) is 0 Å². The second-order valence-corrected chi connectivity index (χ2v) is 16.9. The first kappa shape index (κ1) is 45.3. The minimum atomic E-state index is -1.02. The molecule has 0 radical (unpaired) electrons. The van der Waals surface area contributed by atoms with Gasteiger partial charge in [0, 0.05) is 82.2 Å². The van der Waals surface area contributed by atoms with E-state index in [4.69, 9.17) is 24.9 Å². The minimum Gasteiger partial charge on any atom is -0.384 e. The number of carbonyl (C=O) groups excluding carboxylic acids is 5. The second-order valence-electron chi connectivity index (χ2n) is 16.9. The van der Waals surface area contributed by atoms with E-state index in [1.54, 1.807) is 36.5 Å². The molecule has 4 N–H and O–H groups in total. The van der Waals surface area contributed by atoms with Crippen LogP contribution in [0.4, 0.5) is 21.6 Å². The molecule has 4 aliphatic heterocycles.